The summed E-state index contributed by atoms with van der Waals surface area (Å²) in [4.78, 5) is 0. The van der Waals surface area contributed by atoms with E-state index in [1.165, 1.54) is 0 Å². The fourth-order valence-corrected chi connectivity index (χ4v) is 1.50. The van der Waals surface area contributed by atoms with Crippen LogP contribution in [0.4, 0.5) is 13.2 Å². The number of halogens is 4. The lowest BCUT2D eigenvalue weighted by Gasteiger charge is -2.13. The third kappa shape index (κ3) is 3.93. The lowest BCUT2D eigenvalue weighted by molar-refractivity contribution is -0.139. The Hall–Kier alpha value is -0.900. The minimum absolute atomic E-state index is 0.225. The molecule has 0 saturated carbocycles. The maximum Gasteiger partial charge on any atom is 0.392 e. The molecule has 16 heavy (non-hydrogen) atoms. The van der Waals surface area contributed by atoms with Gasteiger partial charge in [0.2, 0.25) is 0 Å². The summed E-state index contributed by atoms with van der Waals surface area (Å²) in [6.07, 6.45) is -5.15. The van der Waals surface area contributed by atoms with Gasteiger partial charge < -0.3 is 4.74 Å². The van der Waals surface area contributed by atoms with E-state index in [9.17, 15) is 13.2 Å². The lowest BCUT2D eigenvalue weighted by Crippen LogP contribution is -2.13. The first-order chi connectivity index (χ1) is 7.44. The molecule has 0 spiro atoms. The highest BCUT2D eigenvalue weighted by atomic mass is 35.5. The van der Waals surface area contributed by atoms with Crippen LogP contribution in [-0.2, 0) is 5.88 Å². The topological polar surface area (TPSA) is 9.23 Å². The van der Waals surface area contributed by atoms with E-state index in [2.05, 4.69) is 0 Å². The quantitative estimate of drug-likeness (QED) is 0.734. The third-order valence-electron chi connectivity index (χ3n) is 2.07. The zero-order valence-electron chi connectivity index (χ0n) is 8.77. The van der Waals surface area contributed by atoms with Gasteiger partial charge in [0.15, 0.2) is 0 Å². The Morgan fingerprint density at radius 2 is 2.00 bits per heavy atom. The maximum atomic E-state index is 11.9. The molecular weight excluding hydrogens is 241 g/mol. The monoisotopic (exact) mass is 252 g/mol. The molecule has 1 nitrogen and oxygen atoms in total. The van der Waals surface area contributed by atoms with Crippen molar-refractivity contribution in [1.82, 2.24) is 0 Å². The molecule has 0 atom stereocenters. The number of rotatable bonds is 4. The molecule has 0 aliphatic rings. The van der Waals surface area contributed by atoms with E-state index in [4.69, 9.17) is 16.3 Å². The van der Waals surface area contributed by atoms with Gasteiger partial charge in [0.05, 0.1) is 18.9 Å². The molecular formula is C11H12ClF3O. The first kappa shape index (κ1) is 13.2. The van der Waals surface area contributed by atoms with Crippen molar-refractivity contribution in [2.24, 2.45) is 0 Å². The smallest absolute Gasteiger partial charge is 0.392 e. The number of para-hydroxylation sites is 1. The van der Waals surface area contributed by atoms with Crippen molar-refractivity contribution in [3.8, 4) is 5.75 Å². The summed E-state index contributed by atoms with van der Waals surface area (Å²) in [5, 5.41) is 0. The van der Waals surface area contributed by atoms with Gasteiger partial charge in [-0.3, -0.25) is 0 Å². The highest BCUT2D eigenvalue weighted by Crippen LogP contribution is 2.26. The average molecular weight is 253 g/mol. The second-order valence-corrected chi connectivity index (χ2v) is 3.68. The van der Waals surface area contributed by atoms with Crippen LogP contribution in [0.25, 0.3) is 0 Å². The fourth-order valence-electron chi connectivity index (χ4n) is 1.29. The Labute approximate surface area is 97.2 Å². The van der Waals surface area contributed by atoms with Crippen molar-refractivity contribution in [2.45, 2.75) is 25.4 Å². The van der Waals surface area contributed by atoms with Gasteiger partial charge in [-0.15, -0.1) is 11.6 Å². The summed E-state index contributed by atoms with van der Waals surface area (Å²) in [6, 6.07) is 5.31. The van der Waals surface area contributed by atoms with E-state index >= 15 is 0 Å². The molecule has 0 heterocycles. The molecule has 1 rings (SSSR count). The zero-order chi connectivity index (χ0) is 12.2. The minimum Gasteiger partial charge on any atom is -0.493 e. The number of alkyl halides is 4. The number of benzene rings is 1. The van der Waals surface area contributed by atoms with Gasteiger partial charge in [-0.25, -0.2) is 0 Å². The Kier molecular flexibility index (Phi) is 4.47. The summed E-state index contributed by atoms with van der Waals surface area (Å²) in [5.74, 6) is 0.685. The number of aryl methyl sites for hydroxylation is 1. The SMILES string of the molecule is Cc1cccc(CCl)c1OCCC(F)(F)F. The Morgan fingerprint density at radius 3 is 2.56 bits per heavy atom. The molecule has 0 amide bonds. The Morgan fingerprint density at radius 1 is 1.31 bits per heavy atom. The van der Waals surface area contributed by atoms with Crippen LogP contribution < -0.4 is 4.74 Å². The van der Waals surface area contributed by atoms with Crippen molar-refractivity contribution in [1.29, 1.82) is 0 Å². The second-order valence-electron chi connectivity index (χ2n) is 3.41. The molecule has 1 aromatic carbocycles. The molecule has 0 aliphatic heterocycles. The van der Waals surface area contributed by atoms with E-state index in [-0.39, 0.29) is 12.5 Å². The van der Waals surface area contributed by atoms with Crippen LogP contribution in [0.15, 0.2) is 18.2 Å². The van der Waals surface area contributed by atoms with Gasteiger partial charge in [-0.05, 0) is 12.5 Å². The van der Waals surface area contributed by atoms with E-state index in [1.807, 2.05) is 0 Å². The van der Waals surface area contributed by atoms with Crippen LogP contribution in [0.1, 0.15) is 17.5 Å². The largest absolute Gasteiger partial charge is 0.493 e. The molecule has 0 aliphatic carbocycles. The Balaban J connectivity index is 2.66. The van der Waals surface area contributed by atoms with Crippen LogP contribution in [0, 0.1) is 6.92 Å². The van der Waals surface area contributed by atoms with Gasteiger partial charge in [-0.1, -0.05) is 18.2 Å². The summed E-state index contributed by atoms with van der Waals surface area (Å²) in [6.45, 7) is 1.40. The van der Waals surface area contributed by atoms with Crippen molar-refractivity contribution >= 4 is 11.6 Å². The van der Waals surface area contributed by atoms with Crippen molar-refractivity contribution in [3.63, 3.8) is 0 Å². The predicted octanol–water partition coefficient (Wildman–Crippen LogP) is 4.07. The van der Waals surface area contributed by atoms with Gasteiger partial charge in [0.25, 0.3) is 0 Å². The molecule has 0 N–H and O–H groups in total. The molecule has 0 saturated heterocycles. The van der Waals surface area contributed by atoms with Gasteiger partial charge in [0.1, 0.15) is 5.75 Å². The van der Waals surface area contributed by atoms with E-state index < -0.39 is 12.6 Å². The van der Waals surface area contributed by atoms with E-state index in [0.717, 1.165) is 5.56 Å². The van der Waals surface area contributed by atoms with Crippen molar-refractivity contribution < 1.29 is 17.9 Å². The predicted molar refractivity (Wildman–Crippen MR) is 56.9 cm³/mol. The Bertz CT molecular complexity index is 350. The van der Waals surface area contributed by atoms with Crippen LogP contribution in [0.3, 0.4) is 0 Å². The molecule has 0 radical (unpaired) electrons. The number of ether oxygens (including phenoxy) is 1. The minimum atomic E-state index is -4.19. The summed E-state index contributed by atoms with van der Waals surface area (Å²) in [5.41, 5.74) is 1.50. The van der Waals surface area contributed by atoms with E-state index in [0.29, 0.717) is 11.3 Å². The van der Waals surface area contributed by atoms with Gasteiger partial charge in [-0.2, -0.15) is 13.2 Å². The first-order valence-corrected chi connectivity index (χ1v) is 5.31. The first-order valence-electron chi connectivity index (χ1n) is 4.78. The van der Waals surface area contributed by atoms with Gasteiger partial charge in [0, 0.05) is 5.56 Å². The molecule has 5 heteroatoms. The van der Waals surface area contributed by atoms with E-state index in [1.54, 1.807) is 25.1 Å². The molecule has 0 bridgehead atoms. The summed E-state index contributed by atoms with van der Waals surface area (Å²) >= 11 is 5.67. The molecule has 0 unspecified atom stereocenters. The standard InChI is InChI=1S/C11H12ClF3O/c1-8-3-2-4-9(7-12)10(8)16-6-5-11(13,14)15/h2-4H,5-7H2,1H3. The average Bonchev–Trinajstić information content (AvgIpc) is 2.18. The zero-order valence-corrected chi connectivity index (χ0v) is 9.53. The molecule has 90 valence electrons. The van der Waals surface area contributed by atoms with Crippen LogP contribution in [0.5, 0.6) is 5.75 Å². The molecule has 0 aromatic heterocycles. The number of hydrogen-bond donors (Lipinski definition) is 0. The number of hydrogen-bond acceptors (Lipinski definition) is 1. The van der Waals surface area contributed by atoms with Crippen LogP contribution in [-0.4, -0.2) is 12.8 Å². The maximum absolute atomic E-state index is 11.9. The summed E-state index contributed by atoms with van der Waals surface area (Å²) < 4.78 is 40.9. The lowest BCUT2D eigenvalue weighted by atomic mass is 10.1. The summed E-state index contributed by atoms with van der Waals surface area (Å²) in [7, 11) is 0. The fraction of sp³-hybridized carbons (Fsp3) is 0.455. The normalized spacial score (nSPS) is 11.6. The van der Waals surface area contributed by atoms with Gasteiger partial charge >= 0.3 is 6.18 Å². The highest BCUT2D eigenvalue weighted by Gasteiger charge is 2.27. The molecule has 0 fully saturated rings. The third-order valence-corrected chi connectivity index (χ3v) is 2.36. The second kappa shape index (κ2) is 5.43. The molecule has 1 aromatic rings. The van der Waals surface area contributed by atoms with Crippen LogP contribution >= 0.6 is 11.6 Å². The highest BCUT2D eigenvalue weighted by molar-refractivity contribution is 6.17. The van der Waals surface area contributed by atoms with Crippen molar-refractivity contribution in [3.05, 3.63) is 29.3 Å². The van der Waals surface area contributed by atoms with Crippen LogP contribution in [0.2, 0.25) is 0 Å². The van der Waals surface area contributed by atoms with Crippen molar-refractivity contribution in [2.75, 3.05) is 6.61 Å².